The predicted molar refractivity (Wildman–Crippen MR) is 74.9 cm³/mol. The molecule has 0 fully saturated rings. The topological polar surface area (TPSA) is 12.0 Å². The van der Waals surface area contributed by atoms with E-state index in [0.717, 1.165) is 16.8 Å². The van der Waals surface area contributed by atoms with Gasteiger partial charge >= 0.3 is 0 Å². The first-order valence-electron chi connectivity index (χ1n) is 5.50. The Balaban J connectivity index is 2.11. The molecule has 0 aliphatic rings. The van der Waals surface area contributed by atoms with Crippen LogP contribution in [0.2, 0.25) is 10.0 Å². The summed E-state index contributed by atoms with van der Waals surface area (Å²) in [6.45, 7) is 2.48. The van der Waals surface area contributed by atoms with Crippen LogP contribution in [-0.2, 0) is 6.54 Å². The molecule has 0 aliphatic carbocycles. The lowest BCUT2D eigenvalue weighted by atomic mass is 10.2. The summed E-state index contributed by atoms with van der Waals surface area (Å²) in [5.41, 5.74) is 2.77. The van der Waals surface area contributed by atoms with Crippen molar-refractivity contribution >= 4 is 28.9 Å². The van der Waals surface area contributed by atoms with E-state index >= 15 is 0 Å². The number of benzene rings is 2. The van der Waals surface area contributed by atoms with Gasteiger partial charge < -0.3 is 5.32 Å². The van der Waals surface area contributed by atoms with Crippen molar-refractivity contribution in [3.63, 3.8) is 0 Å². The van der Waals surface area contributed by atoms with Crippen LogP contribution in [0.3, 0.4) is 0 Å². The molecular weight excluding hydrogens is 272 g/mol. The number of nitrogens with one attached hydrogen (secondary N) is 1. The van der Waals surface area contributed by atoms with Crippen LogP contribution in [0.4, 0.5) is 10.1 Å². The highest BCUT2D eigenvalue weighted by atomic mass is 35.5. The van der Waals surface area contributed by atoms with Crippen molar-refractivity contribution < 1.29 is 4.39 Å². The lowest BCUT2D eigenvalue weighted by molar-refractivity contribution is 0.627. The molecule has 2 rings (SSSR count). The Kier molecular flexibility index (Phi) is 4.10. The fourth-order valence-electron chi connectivity index (χ4n) is 1.62. The van der Waals surface area contributed by atoms with E-state index < -0.39 is 0 Å². The molecule has 4 heteroatoms. The first kappa shape index (κ1) is 13.2. The third-order valence-corrected chi connectivity index (χ3v) is 3.27. The average molecular weight is 284 g/mol. The molecule has 0 saturated carbocycles. The maximum Gasteiger partial charge on any atom is 0.124 e. The second-order valence-corrected chi connectivity index (χ2v) is 4.89. The summed E-state index contributed by atoms with van der Waals surface area (Å²) < 4.78 is 12.9. The van der Waals surface area contributed by atoms with Crippen LogP contribution >= 0.6 is 23.2 Å². The van der Waals surface area contributed by atoms with Gasteiger partial charge in [0, 0.05) is 11.6 Å². The predicted octanol–water partition coefficient (Wildman–Crippen LogP) is 5.05. The van der Waals surface area contributed by atoms with Crippen LogP contribution in [0.1, 0.15) is 11.1 Å². The quantitative estimate of drug-likeness (QED) is 0.831. The van der Waals surface area contributed by atoms with Crippen molar-refractivity contribution in [3.8, 4) is 0 Å². The Morgan fingerprint density at radius 2 is 1.83 bits per heavy atom. The molecule has 2 aromatic carbocycles. The first-order chi connectivity index (χ1) is 8.56. The highest BCUT2D eigenvalue weighted by Crippen LogP contribution is 2.24. The van der Waals surface area contributed by atoms with Gasteiger partial charge in [-0.15, -0.1) is 0 Å². The van der Waals surface area contributed by atoms with Crippen molar-refractivity contribution in [1.82, 2.24) is 0 Å². The van der Waals surface area contributed by atoms with Gasteiger partial charge in [0.1, 0.15) is 5.82 Å². The number of aryl methyl sites for hydroxylation is 1. The zero-order chi connectivity index (χ0) is 13.1. The number of rotatable bonds is 3. The minimum absolute atomic E-state index is 0.336. The van der Waals surface area contributed by atoms with Crippen molar-refractivity contribution in [2.24, 2.45) is 0 Å². The van der Waals surface area contributed by atoms with E-state index in [-0.39, 0.29) is 5.82 Å². The Hall–Kier alpha value is -1.25. The van der Waals surface area contributed by atoms with Gasteiger partial charge in [0.25, 0.3) is 0 Å². The van der Waals surface area contributed by atoms with Gasteiger partial charge in [0.15, 0.2) is 0 Å². The van der Waals surface area contributed by atoms with Crippen LogP contribution in [0.25, 0.3) is 0 Å². The van der Waals surface area contributed by atoms with Crippen LogP contribution in [0, 0.1) is 12.7 Å². The highest BCUT2D eigenvalue weighted by molar-refractivity contribution is 6.33. The van der Waals surface area contributed by atoms with Crippen LogP contribution in [-0.4, -0.2) is 0 Å². The number of anilines is 1. The summed E-state index contributed by atoms with van der Waals surface area (Å²) in [6, 6.07) is 10.1. The summed E-state index contributed by atoms with van der Waals surface area (Å²) in [5.74, 6) is -0.336. The second kappa shape index (κ2) is 5.59. The first-order valence-corrected chi connectivity index (χ1v) is 6.26. The molecule has 94 valence electrons. The van der Waals surface area contributed by atoms with Gasteiger partial charge in [0.2, 0.25) is 0 Å². The van der Waals surface area contributed by atoms with E-state index in [0.29, 0.717) is 16.6 Å². The maximum absolute atomic E-state index is 12.9. The third kappa shape index (κ3) is 3.15. The molecule has 0 saturated heterocycles. The SMILES string of the molecule is Cc1ccc(NCc2ccc(F)cc2Cl)c(Cl)c1. The zero-order valence-electron chi connectivity index (χ0n) is 9.81. The van der Waals surface area contributed by atoms with Gasteiger partial charge in [-0.05, 0) is 42.3 Å². The van der Waals surface area contributed by atoms with Gasteiger partial charge in [0.05, 0.1) is 10.7 Å². The van der Waals surface area contributed by atoms with Gasteiger partial charge in [-0.25, -0.2) is 4.39 Å². The van der Waals surface area contributed by atoms with Gasteiger partial charge in [-0.3, -0.25) is 0 Å². The molecular formula is C14H12Cl2FN. The number of hydrogen-bond donors (Lipinski definition) is 1. The van der Waals surface area contributed by atoms with E-state index in [2.05, 4.69) is 5.32 Å². The second-order valence-electron chi connectivity index (χ2n) is 4.07. The largest absolute Gasteiger partial charge is 0.380 e. The van der Waals surface area contributed by atoms with E-state index in [1.165, 1.54) is 12.1 Å². The average Bonchev–Trinajstić information content (AvgIpc) is 2.30. The minimum atomic E-state index is -0.336. The summed E-state index contributed by atoms with van der Waals surface area (Å²) in [7, 11) is 0. The van der Waals surface area contributed by atoms with Gasteiger partial charge in [-0.1, -0.05) is 35.3 Å². The fraction of sp³-hybridized carbons (Fsp3) is 0.143. The highest BCUT2D eigenvalue weighted by Gasteiger charge is 2.04. The lowest BCUT2D eigenvalue weighted by Gasteiger charge is -2.10. The standard InChI is InChI=1S/C14H12Cl2FN/c1-9-2-5-14(13(16)6-9)18-8-10-3-4-11(17)7-12(10)15/h2-7,18H,8H2,1H3. The zero-order valence-corrected chi connectivity index (χ0v) is 11.3. The molecule has 0 radical (unpaired) electrons. The van der Waals surface area contributed by atoms with Crippen molar-refractivity contribution in [1.29, 1.82) is 0 Å². The Morgan fingerprint density at radius 3 is 2.50 bits per heavy atom. The molecule has 2 aromatic rings. The third-order valence-electron chi connectivity index (χ3n) is 2.61. The van der Waals surface area contributed by atoms with Crippen LogP contribution < -0.4 is 5.32 Å². The van der Waals surface area contributed by atoms with Crippen molar-refractivity contribution in [3.05, 3.63) is 63.4 Å². The van der Waals surface area contributed by atoms with Crippen molar-refractivity contribution in [2.75, 3.05) is 5.32 Å². The molecule has 18 heavy (non-hydrogen) atoms. The fourth-order valence-corrected chi connectivity index (χ4v) is 2.15. The Morgan fingerprint density at radius 1 is 1.06 bits per heavy atom. The molecule has 0 aromatic heterocycles. The Bertz CT molecular complexity index is 518. The molecule has 0 aliphatic heterocycles. The molecule has 0 bridgehead atoms. The molecule has 0 heterocycles. The van der Waals surface area contributed by atoms with Crippen molar-refractivity contribution in [2.45, 2.75) is 13.5 Å². The summed E-state index contributed by atoms with van der Waals surface area (Å²) in [6.07, 6.45) is 0. The smallest absolute Gasteiger partial charge is 0.124 e. The van der Waals surface area contributed by atoms with E-state index in [4.69, 9.17) is 23.2 Å². The van der Waals surface area contributed by atoms with E-state index in [9.17, 15) is 4.39 Å². The number of hydrogen-bond acceptors (Lipinski definition) is 1. The molecule has 1 N–H and O–H groups in total. The molecule has 0 unspecified atom stereocenters. The maximum atomic E-state index is 12.9. The van der Waals surface area contributed by atoms with Crippen LogP contribution in [0.5, 0.6) is 0 Å². The van der Waals surface area contributed by atoms with Crippen LogP contribution in [0.15, 0.2) is 36.4 Å². The molecule has 0 atom stereocenters. The summed E-state index contributed by atoms with van der Waals surface area (Å²) in [4.78, 5) is 0. The molecule has 0 spiro atoms. The van der Waals surface area contributed by atoms with E-state index in [1.807, 2.05) is 25.1 Å². The van der Waals surface area contributed by atoms with E-state index in [1.54, 1.807) is 6.07 Å². The monoisotopic (exact) mass is 283 g/mol. The summed E-state index contributed by atoms with van der Waals surface area (Å²) >= 11 is 12.1. The number of halogens is 3. The normalized spacial score (nSPS) is 10.4. The molecule has 1 nitrogen and oxygen atoms in total. The summed E-state index contributed by atoms with van der Waals surface area (Å²) in [5, 5.41) is 4.25. The lowest BCUT2D eigenvalue weighted by Crippen LogP contribution is -2.01. The Labute approximate surface area is 116 Å². The molecule has 0 amide bonds. The van der Waals surface area contributed by atoms with Gasteiger partial charge in [-0.2, -0.15) is 0 Å². The minimum Gasteiger partial charge on any atom is -0.380 e.